The van der Waals surface area contributed by atoms with Gasteiger partial charge in [-0.1, -0.05) is 37.0 Å². The van der Waals surface area contributed by atoms with E-state index in [4.69, 9.17) is 0 Å². The molecule has 2 atom stereocenters. The van der Waals surface area contributed by atoms with E-state index >= 15 is 0 Å². The van der Waals surface area contributed by atoms with Crippen LogP contribution in [0.2, 0.25) is 0 Å². The second kappa shape index (κ2) is 3.91. The van der Waals surface area contributed by atoms with Gasteiger partial charge in [0.15, 0.2) is 0 Å². The highest BCUT2D eigenvalue weighted by molar-refractivity contribution is 5.72. The summed E-state index contributed by atoms with van der Waals surface area (Å²) in [5, 5.41) is 0. The molecule has 2 nitrogen and oxygen atoms in total. The molecule has 0 bridgehead atoms. The largest absolute Gasteiger partial charge is 0.286 e. The van der Waals surface area contributed by atoms with Crippen molar-refractivity contribution in [3.05, 3.63) is 47.4 Å². The summed E-state index contributed by atoms with van der Waals surface area (Å²) in [5.74, 6) is 1.07. The fourth-order valence-electron chi connectivity index (χ4n) is 3.12. The standard InChI is InChI=1S/C16H19N2/c1-10-6-5-7-13-11(2)12(3)14-8-17-9-18(4)16(14)15(10)13/h5-9,11-12H,1-4H3/q+1. The molecule has 1 aromatic carbocycles. The summed E-state index contributed by atoms with van der Waals surface area (Å²) in [6.07, 6.45) is 3.93. The molecule has 0 radical (unpaired) electrons. The van der Waals surface area contributed by atoms with Gasteiger partial charge in [-0.25, -0.2) is 4.57 Å². The molecule has 2 aromatic rings. The first-order chi connectivity index (χ1) is 8.61. The zero-order chi connectivity index (χ0) is 12.9. The van der Waals surface area contributed by atoms with Gasteiger partial charge in [0.25, 0.3) is 6.33 Å². The van der Waals surface area contributed by atoms with E-state index in [0.29, 0.717) is 11.8 Å². The third kappa shape index (κ3) is 1.41. The second-order valence-electron chi connectivity index (χ2n) is 5.42. The summed E-state index contributed by atoms with van der Waals surface area (Å²) >= 11 is 0. The van der Waals surface area contributed by atoms with E-state index in [9.17, 15) is 0 Å². The molecular weight excluding hydrogens is 220 g/mol. The Morgan fingerprint density at radius 1 is 1.11 bits per heavy atom. The summed E-state index contributed by atoms with van der Waals surface area (Å²) < 4.78 is 2.16. The van der Waals surface area contributed by atoms with Crippen LogP contribution in [0.5, 0.6) is 0 Å². The van der Waals surface area contributed by atoms with Crippen LogP contribution in [-0.2, 0) is 7.05 Å². The Morgan fingerprint density at radius 2 is 1.83 bits per heavy atom. The quantitative estimate of drug-likeness (QED) is 0.645. The van der Waals surface area contributed by atoms with Crippen molar-refractivity contribution in [2.75, 3.05) is 0 Å². The fraction of sp³-hybridized carbons (Fsp3) is 0.375. The van der Waals surface area contributed by atoms with Gasteiger partial charge in [0.05, 0.1) is 7.05 Å². The third-order valence-corrected chi connectivity index (χ3v) is 4.35. The molecule has 0 fully saturated rings. The highest BCUT2D eigenvalue weighted by atomic mass is 15.0. The zero-order valence-electron chi connectivity index (χ0n) is 11.4. The van der Waals surface area contributed by atoms with Crippen molar-refractivity contribution < 1.29 is 4.57 Å². The maximum absolute atomic E-state index is 4.35. The molecule has 0 N–H and O–H groups in total. The molecule has 0 aliphatic heterocycles. The Balaban J connectivity index is 2.42. The molecule has 2 heteroatoms. The average Bonchev–Trinajstić information content (AvgIpc) is 2.36. The molecule has 0 saturated carbocycles. The number of fused-ring (bicyclic) bond motifs is 3. The molecule has 0 spiro atoms. The number of aryl methyl sites for hydroxylation is 2. The number of nitrogens with zero attached hydrogens (tertiary/aromatic N) is 2. The van der Waals surface area contributed by atoms with Crippen LogP contribution in [0.25, 0.3) is 11.3 Å². The maximum atomic E-state index is 4.35. The Kier molecular flexibility index (Phi) is 2.47. The van der Waals surface area contributed by atoms with Crippen LogP contribution in [0.4, 0.5) is 0 Å². The van der Waals surface area contributed by atoms with Crippen LogP contribution < -0.4 is 4.57 Å². The van der Waals surface area contributed by atoms with Crippen LogP contribution >= 0.6 is 0 Å². The van der Waals surface area contributed by atoms with E-state index in [2.05, 4.69) is 55.6 Å². The van der Waals surface area contributed by atoms with Crippen molar-refractivity contribution in [1.82, 2.24) is 4.98 Å². The summed E-state index contributed by atoms with van der Waals surface area (Å²) in [7, 11) is 2.09. The summed E-state index contributed by atoms with van der Waals surface area (Å²) in [5.41, 5.74) is 6.94. The highest BCUT2D eigenvalue weighted by Crippen LogP contribution is 2.45. The first kappa shape index (κ1) is 11.4. The van der Waals surface area contributed by atoms with E-state index in [1.54, 1.807) is 0 Å². The van der Waals surface area contributed by atoms with Crippen LogP contribution in [0.3, 0.4) is 0 Å². The lowest BCUT2D eigenvalue weighted by Gasteiger charge is -2.30. The monoisotopic (exact) mass is 239 g/mol. The average molecular weight is 239 g/mol. The lowest BCUT2D eigenvalue weighted by Crippen LogP contribution is -2.35. The molecule has 1 aliphatic carbocycles. The van der Waals surface area contributed by atoms with Crippen LogP contribution in [0.15, 0.2) is 30.7 Å². The van der Waals surface area contributed by atoms with Gasteiger partial charge in [-0.15, -0.1) is 0 Å². The van der Waals surface area contributed by atoms with E-state index in [1.807, 2.05) is 12.5 Å². The van der Waals surface area contributed by atoms with Gasteiger partial charge in [0.2, 0.25) is 0 Å². The fourth-order valence-corrected chi connectivity index (χ4v) is 3.12. The third-order valence-electron chi connectivity index (χ3n) is 4.35. The van der Waals surface area contributed by atoms with Gasteiger partial charge in [-0.2, -0.15) is 0 Å². The minimum Gasteiger partial charge on any atom is -0.232 e. The Morgan fingerprint density at radius 3 is 2.61 bits per heavy atom. The lowest BCUT2D eigenvalue weighted by molar-refractivity contribution is -0.664. The van der Waals surface area contributed by atoms with E-state index < -0.39 is 0 Å². The first-order valence-corrected chi connectivity index (χ1v) is 6.54. The van der Waals surface area contributed by atoms with Gasteiger partial charge in [-0.05, 0) is 29.9 Å². The van der Waals surface area contributed by atoms with Gasteiger partial charge < -0.3 is 0 Å². The summed E-state index contributed by atoms with van der Waals surface area (Å²) in [6.45, 7) is 6.82. The number of hydrogen-bond acceptors (Lipinski definition) is 1. The number of benzene rings is 1. The predicted molar refractivity (Wildman–Crippen MR) is 72.4 cm³/mol. The van der Waals surface area contributed by atoms with Crippen molar-refractivity contribution in [2.24, 2.45) is 7.05 Å². The Bertz CT molecular complexity index is 561. The molecule has 2 unspecified atom stereocenters. The second-order valence-corrected chi connectivity index (χ2v) is 5.42. The molecule has 3 rings (SSSR count). The van der Waals surface area contributed by atoms with E-state index in [-0.39, 0.29) is 0 Å². The Labute approximate surface area is 108 Å². The van der Waals surface area contributed by atoms with Crippen molar-refractivity contribution in [3.8, 4) is 11.3 Å². The molecule has 0 amide bonds. The van der Waals surface area contributed by atoms with Gasteiger partial charge in [0.1, 0.15) is 11.9 Å². The summed E-state index contributed by atoms with van der Waals surface area (Å²) in [4.78, 5) is 4.35. The van der Waals surface area contributed by atoms with E-state index in [1.165, 1.54) is 27.9 Å². The molecule has 92 valence electrons. The van der Waals surface area contributed by atoms with Crippen LogP contribution in [-0.4, -0.2) is 4.98 Å². The maximum Gasteiger partial charge on any atom is 0.286 e. The van der Waals surface area contributed by atoms with Crippen molar-refractivity contribution >= 4 is 0 Å². The minimum atomic E-state index is 0.522. The molecule has 18 heavy (non-hydrogen) atoms. The van der Waals surface area contributed by atoms with Crippen LogP contribution in [0, 0.1) is 6.92 Å². The Hall–Kier alpha value is -1.70. The highest BCUT2D eigenvalue weighted by Gasteiger charge is 2.33. The van der Waals surface area contributed by atoms with Gasteiger partial charge >= 0.3 is 0 Å². The normalized spacial score (nSPS) is 21.3. The van der Waals surface area contributed by atoms with Crippen molar-refractivity contribution in [3.63, 3.8) is 0 Å². The molecule has 1 aliphatic rings. The smallest absolute Gasteiger partial charge is 0.232 e. The first-order valence-electron chi connectivity index (χ1n) is 6.54. The molecule has 1 aromatic heterocycles. The molecule has 1 heterocycles. The summed E-state index contributed by atoms with van der Waals surface area (Å²) in [6, 6.07) is 6.64. The van der Waals surface area contributed by atoms with Crippen molar-refractivity contribution in [1.29, 1.82) is 0 Å². The SMILES string of the molecule is Cc1cccc2c1-c1c(cnc[n+]1C)C(C)C2C. The predicted octanol–water partition coefficient (Wildman–Crippen LogP) is 3.10. The number of rotatable bonds is 0. The molecule has 0 saturated heterocycles. The number of hydrogen-bond donors (Lipinski definition) is 0. The number of aromatic nitrogens is 2. The van der Waals surface area contributed by atoms with E-state index in [0.717, 1.165) is 0 Å². The van der Waals surface area contributed by atoms with Crippen molar-refractivity contribution in [2.45, 2.75) is 32.6 Å². The zero-order valence-corrected chi connectivity index (χ0v) is 11.4. The van der Waals surface area contributed by atoms with Gasteiger partial charge in [-0.3, -0.25) is 0 Å². The van der Waals surface area contributed by atoms with Gasteiger partial charge in [0, 0.05) is 11.1 Å². The lowest BCUT2D eigenvalue weighted by atomic mass is 9.74. The van der Waals surface area contributed by atoms with Crippen LogP contribution in [0.1, 0.15) is 42.4 Å². The minimum absolute atomic E-state index is 0.522. The molecular formula is C16H19N2+. The topological polar surface area (TPSA) is 16.8 Å².